The van der Waals surface area contributed by atoms with Gasteiger partial charge < -0.3 is 9.80 Å². The molecular formula is C58H38N4S2. The molecule has 2 heterocycles. The summed E-state index contributed by atoms with van der Waals surface area (Å²) in [6, 6.07) is 82.6. The van der Waals surface area contributed by atoms with E-state index in [2.05, 4.69) is 228 Å². The van der Waals surface area contributed by atoms with Crippen molar-refractivity contribution in [2.45, 2.75) is 0 Å². The van der Waals surface area contributed by atoms with Crippen molar-refractivity contribution in [3.8, 4) is 32.3 Å². The van der Waals surface area contributed by atoms with Crippen LogP contribution >= 0.6 is 22.7 Å². The maximum Gasteiger partial charge on any atom is 0.124 e. The van der Waals surface area contributed by atoms with E-state index in [0.29, 0.717) is 0 Å². The number of hydrogen-bond acceptors (Lipinski definition) is 6. The SMILES string of the molecule is c1ccc2cc(N(c3ccc(-c4ccc(N(c5ccc(-c6nc7ccccc7s6)cc5)c5ccc6ccccc6c5)cc4)cc3)c3ccc(-c4nc5ccccc5s4)cc3)ccc2c1. The predicted molar refractivity (Wildman–Crippen MR) is 273 cm³/mol. The second-order valence-corrected chi connectivity index (χ2v) is 18.0. The zero-order chi connectivity index (χ0) is 42.4. The van der Waals surface area contributed by atoms with Crippen molar-refractivity contribution in [1.29, 1.82) is 0 Å². The zero-order valence-corrected chi connectivity index (χ0v) is 36.2. The third-order valence-corrected chi connectivity index (χ3v) is 14.1. The Kier molecular flexibility index (Phi) is 9.51. The van der Waals surface area contributed by atoms with Crippen molar-refractivity contribution in [2.24, 2.45) is 0 Å². The number of rotatable bonds is 9. The van der Waals surface area contributed by atoms with E-state index < -0.39 is 0 Å². The second kappa shape index (κ2) is 16.1. The first-order valence-corrected chi connectivity index (χ1v) is 23.0. The van der Waals surface area contributed by atoms with Crippen LogP contribution in [0.1, 0.15) is 0 Å². The van der Waals surface area contributed by atoms with Gasteiger partial charge in [-0.25, -0.2) is 9.97 Å². The molecule has 0 amide bonds. The maximum absolute atomic E-state index is 4.92. The molecule has 0 bridgehead atoms. The summed E-state index contributed by atoms with van der Waals surface area (Å²) in [6.07, 6.45) is 0. The van der Waals surface area contributed by atoms with E-state index in [1.165, 1.54) is 30.9 Å². The van der Waals surface area contributed by atoms with E-state index in [4.69, 9.17) is 9.97 Å². The topological polar surface area (TPSA) is 32.3 Å². The highest BCUT2D eigenvalue weighted by Gasteiger charge is 2.17. The van der Waals surface area contributed by atoms with Gasteiger partial charge in [-0.15, -0.1) is 22.7 Å². The molecule has 6 heteroatoms. The highest BCUT2D eigenvalue weighted by molar-refractivity contribution is 7.22. The van der Waals surface area contributed by atoms with Gasteiger partial charge in [-0.1, -0.05) is 109 Å². The van der Waals surface area contributed by atoms with E-state index in [-0.39, 0.29) is 0 Å². The quantitative estimate of drug-likeness (QED) is 0.145. The van der Waals surface area contributed by atoms with Gasteiger partial charge in [0.2, 0.25) is 0 Å². The highest BCUT2D eigenvalue weighted by Crippen LogP contribution is 2.41. The van der Waals surface area contributed by atoms with Gasteiger partial charge in [0.05, 0.1) is 20.4 Å². The number of para-hydroxylation sites is 2. The molecule has 0 unspecified atom stereocenters. The Labute approximate surface area is 379 Å². The lowest BCUT2D eigenvalue weighted by molar-refractivity contribution is 1.28. The lowest BCUT2D eigenvalue weighted by Gasteiger charge is -2.27. The van der Waals surface area contributed by atoms with Gasteiger partial charge in [0.25, 0.3) is 0 Å². The van der Waals surface area contributed by atoms with Gasteiger partial charge in [-0.05, 0) is 154 Å². The van der Waals surface area contributed by atoms with Crippen molar-refractivity contribution in [3.63, 3.8) is 0 Å². The smallest absolute Gasteiger partial charge is 0.124 e. The molecule has 10 aromatic carbocycles. The molecule has 0 saturated carbocycles. The Morgan fingerprint density at radius 2 is 0.578 bits per heavy atom. The molecular weight excluding hydrogens is 817 g/mol. The van der Waals surface area contributed by atoms with Crippen LogP contribution in [0.15, 0.2) is 231 Å². The molecule has 2 aromatic heterocycles. The number of aromatic nitrogens is 2. The number of benzene rings is 10. The van der Waals surface area contributed by atoms with Crippen LogP contribution in [-0.2, 0) is 0 Å². The van der Waals surface area contributed by atoms with E-state index in [1.807, 2.05) is 12.1 Å². The molecule has 0 aliphatic carbocycles. The Balaban J connectivity index is 0.871. The van der Waals surface area contributed by atoms with Crippen LogP contribution in [0.5, 0.6) is 0 Å². The van der Waals surface area contributed by atoms with Crippen LogP contribution in [0.2, 0.25) is 0 Å². The molecule has 4 nitrogen and oxygen atoms in total. The second-order valence-electron chi connectivity index (χ2n) is 15.9. The molecule has 0 spiro atoms. The molecule has 302 valence electrons. The number of thiazole rings is 2. The first kappa shape index (κ1) is 37.8. The average molecular weight is 855 g/mol. The molecule has 0 atom stereocenters. The van der Waals surface area contributed by atoms with Crippen LogP contribution in [0.4, 0.5) is 34.1 Å². The van der Waals surface area contributed by atoms with Gasteiger partial charge in [0.1, 0.15) is 10.0 Å². The Hall–Kier alpha value is -7.90. The van der Waals surface area contributed by atoms with E-state index >= 15 is 0 Å². The number of nitrogens with zero attached hydrogens (tertiary/aromatic N) is 4. The van der Waals surface area contributed by atoms with Crippen LogP contribution in [0.25, 0.3) is 74.2 Å². The van der Waals surface area contributed by atoms with Crippen molar-refractivity contribution in [1.82, 2.24) is 9.97 Å². The molecule has 12 aromatic rings. The summed E-state index contributed by atoms with van der Waals surface area (Å²) in [5.74, 6) is 0. The molecule has 0 saturated heterocycles. The highest BCUT2D eigenvalue weighted by atomic mass is 32.1. The van der Waals surface area contributed by atoms with Gasteiger partial charge in [-0.3, -0.25) is 0 Å². The van der Waals surface area contributed by atoms with Gasteiger partial charge in [0, 0.05) is 45.3 Å². The summed E-state index contributed by atoms with van der Waals surface area (Å²) in [5.41, 5.74) is 13.1. The zero-order valence-electron chi connectivity index (χ0n) is 34.5. The predicted octanol–water partition coefficient (Wildman–Crippen LogP) is 17.2. The molecule has 0 aliphatic heterocycles. The van der Waals surface area contributed by atoms with Crippen LogP contribution < -0.4 is 9.80 Å². The molecule has 12 rings (SSSR count). The molecule has 64 heavy (non-hydrogen) atoms. The van der Waals surface area contributed by atoms with Gasteiger partial charge >= 0.3 is 0 Å². The van der Waals surface area contributed by atoms with E-state index in [1.54, 1.807) is 22.7 Å². The summed E-state index contributed by atoms with van der Waals surface area (Å²) in [4.78, 5) is 14.5. The summed E-state index contributed by atoms with van der Waals surface area (Å²) in [7, 11) is 0. The van der Waals surface area contributed by atoms with Crippen LogP contribution in [0.3, 0.4) is 0 Å². The molecule has 0 aliphatic rings. The fourth-order valence-corrected chi connectivity index (χ4v) is 10.6. The minimum Gasteiger partial charge on any atom is -0.310 e. The average Bonchev–Trinajstić information content (AvgIpc) is 4.01. The molecule has 0 fully saturated rings. The lowest BCUT2D eigenvalue weighted by atomic mass is 10.0. The fraction of sp³-hybridized carbons (Fsp3) is 0. The lowest BCUT2D eigenvalue weighted by Crippen LogP contribution is -2.10. The van der Waals surface area contributed by atoms with Crippen molar-refractivity contribution in [3.05, 3.63) is 231 Å². The summed E-state index contributed by atoms with van der Waals surface area (Å²) < 4.78 is 2.39. The first-order chi connectivity index (χ1) is 31.7. The fourth-order valence-electron chi connectivity index (χ4n) is 8.63. The minimum atomic E-state index is 1.03. The number of fused-ring (bicyclic) bond motifs is 4. The summed E-state index contributed by atoms with van der Waals surface area (Å²) in [5, 5.41) is 6.90. The van der Waals surface area contributed by atoms with E-state index in [0.717, 1.165) is 77.4 Å². The Morgan fingerprint density at radius 1 is 0.266 bits per heavy atom. The molecule has 0 radical (unpaired) electrons. The van der Waals surface area contributed by atoms with Crippen LogP contribution in [-0.4, -0.2) is 9.97 Å². The van der Waals surface area contributed by atoms with Crippen LogP contribution in [0, 0.1) is 0 Å². The summed E-state index contributed by atoms with van der Waals surface area (Å²) in [6.45, 7) is 0. The monoisotopic (exact) mass is 854 g/mol. The maximum atomic E-state index is 4.92. The standard InChI is InChI=1S/C58H38N4S2/c1-3-11-45-37-51(35-21-39(45)9-1)61(49-31-23-43(24-32-49)57-59-53-13-5-7-15-55(53)63-57)47-27-17-41(18-28-47)42-19-29-48(30-20-42)62(52-36-22-40-10-2-4-12-46(40)38-52)50-33-25-44(26-34-50)58-60-54-14-6-8-16-56(54)64-58/h1-38H. The first-order valence-electron chi connectivity index (χ1n) is 21.4. The van der Waals surface area contributed by atoms with Gasteiger partial charge in [-0.2, -0.15) is 0 Å². The molecule has 0 N–H and O–H groups in total. The van der Waals surface area contributed by atoms with Crippen molar-refractivity contribution < 1.29 is 0 Å². The van der Waals surface area contributed by atoms with Crippen molar-refractivity contribution in [2.75, 3.05) is 9.80 Å². The normalized spacial score (nSPS) is 11.4. The largest absolute Gasteiger partial charge is 0.310 e. The number of hydrogen-bond donors (Lipinski definition) is 0. The Morgan fingerprint density at radius 3 is 0.953 bits per heavy atom. The van der Waals surface area contributed by atoms with E-state index in [9.17, 15) is 0 Å². The minimum absolute atomic E-state index is 1.03. The third kappa shape index (κ3) is 7.15. The third-order valence-electron chi connectivity index (χ3n) is 11.9. The van der Waals surface area contributed by atoms with Gasteiger partial charge in [0.15, 0.2) is 0 Å². The number of anilines is 6. The summed E-state index contributed by atoms with van der Waals surface area (Å²) >= 11 is 3.46. The van der Waals surface area contributed by atoms with Crippen molar-refractivity contribution >= 4 is 98.8 Å². The Bertz CT molecular complexity index is 3300.